The molecule has 0 radical (unpaired) electrons. The van der Waals surface area contributed by atoms with Crippen LogP contribution in [0, 0.1) is 0 Å². The Labute approximate surface area is 102 Å². The van der Waals surface area contributed by atoms with Crippen molar-refractivity contribution in [2.75, 3.05) is 0 Å². The van der Waals surface area contributed by atoms with Crippen molar-refractivity contribution >= 4 is 8.60 Å². The van der Waals surface area contributed by atoms with Gasteiger partial charge in [0, 0.05) is 0 Å². The van der Waals surface area contributed by atoms with Gasteiger partial charge in [-0.15, -0.1) is 0 Å². The summed E-state index contributed by atoms with van der Waals surface area (Å²) in [6, 6.07) is 0. The number of hydrogen-bond donors (Lipinski definition) is 1. The molecule has 0 aromatic rings. The van der Waals surface area contributed by atoms with Gasteiger partial charge in [-0.1, -0.05) is 0 Å². The summed E-state index contributed by atoms with van der Waals surface area (Å²) in [6.45, 7) is 0. The topological polar surface area (TPSA) is 66.3 Å². The molecule has 3 nitrogen and oxygen atoms in total. The van der Waals surface area contributed by atoms with Gasteiger partial charge >= 0.3 is 80.9 Å². The molecule has 26 valence electrons. The van der Waals surface area contributed by atoms with Crippen molar-refractivity contribution in [3.05, 3.63) is 0 Å². The van der Waals surface area contributed by atoms with Crippen LogP contribution in [0.25, 0.3) is 0 Å². The van der Waals surface area contributed by atoms with Crippen molar-refractivity contribution in [2.24, 2.45) is 0 Å². The second-order valence-electron chi connectivity index (χ2n) is 0.238. The minimum atomic E-state index is -3.12. The Balaban J connectivity index is -0.0000000450. The number of rotatable bonds is 0. The van der Waals surface area contributed by atoms with Crippen LogP contribution in [0.15, 0.2) is 0 Å². The monoisotopic (exact) mass is 142 g/mol. The summed E-state index contributed by atoms with van der Waals surface area (Å²) < 4.78 is 0. The number of hydrogen-bond acceptors (Lipinski definition) is 3. The predicted octanol–water partition coefficient (Wildman–Crippen LogP) is -8.07. The van der Waals surface area contributed by atoms with E-state index in [1.165, 1.54) is 0 Å². The summed E-state index contributed by atoms with van der Waals surface area (Å²) in [4.78, 5) is 24.2. The second kappa shape index (κ2) is 10.8. The molecule has 0 saturated heterocycles. The first-order valence-corrected chi connectivity index (χ1v) is 1.70. The van der Waals surface area contributed by atoms with E-state index >= 15 is 0 Å². The molecule has 0 atom stereocenters. The first kappa shape index (κ1) is 16.0. The summed E-state index contributed by atoms with van der Waals surface area (Å²) in [6.07, 6.45) is 0. The molecule has 0 heterocycles. The molecule has 0 amide bonds. The Hall–Kier alpha value is 2.95. The molecule has 0 rings (SSSR count). The Bertz CT molecular complexity index is 15.5. The van der Waals surface area contributed by atoms with Crippen molar-refractivity contribution in [1.82, 2.24) is 0 Å². The van der Waals surface area contributed by atoms with Crippen LogP contribution in [0.1, 0.15) is 0 Å². The van der Waals surface area contributed by atoms with Gasteiger partial charge in [-0.25, -0.2) is 0 Å². The third kappa shape index (κ3) is 28.3. The van der Waals surface area contributed by atoms with E-state index in [0.29, 0.717) is 0 Å². The molecule has 0 aliphatic heterocycles. The van der Waals surface area contributed by atoms with Crippen LogP contribution in [-0.4, -0.2) is 4.89 Å². The molecule has 6 heteroatoms. The molecule has 0 aromatic heterocycles. The van der Waals surface area contributed by atoms with E-state index < -0.39 is 8.60 Å². The Morgan fingerprint density at radius 1 is 1.33 bits per heavy atom. The first-order valence-electron chi connectivity index (χ1n) is 0.565. The third-order valence-electron chi connectivity index (χ3n) is 0. The van der Waals surface area contributed by atoms with E-state index in [2.05, 4.69) is 0 Å². The molecule has 1 N–H and O–H groups in total. The minimum absolute atomic E-state index is 0. The normalized spacial score (nSPS) is 6.00. The molecule has 0 spiro atoms. The predicted molar refractivity (Wildman–Crippen MR) is 9.14 cm³/mol. The van der Waals surface area contributed by atoms with Gasteiger partial charge in [0.25, 0.3) is 0 Å². The van der Waals surface area contributed by atoms with Crippen molar-refractivity contribution in [2.45, 2.75) is 0 Å². The molecular formula is HKNaO3P. The molecule has 0 aliphatic carbocycles. The Kier molecular flexibility index (Phi) is 28.9. The third-order valence-corrected chi connectivity index (χ3v) is 0. The quantitative estimate of drug-likeness (QED) is 0.270. The van der Waals surface area contributed by atoms with Crippen LogP contribution < -0.4 is 90.7 Å². The molecule has 0 saturated carbocycles. The van der Waals surface area contributed by atoms with Gasteiger partial charge in [-0.2, -0.15) is 8.60 Å². The zero-order valence-corrected chi connectivity index (χ0v) is 9.73. The fraction of sp³-hybridized carbons (Fsp3) is 0. The smallest absolute Gasteiger partial charge is 0.820 e. The van der Waals surface area contributed by atoms with Gasteiger partial charge < -0.3 is 14.7 Å². The molecule has 0 fully saturated rings. The average molecular weight is 142 g/mol. The fourth-order valence-corrected chi connectivity index (χ4v) is 0. The van der Waals surface area contributed by atoms with Crippen LogP contribution in [0.2, 0.25) is 0 Å². The van der Waals surface area contributed by atoms with Crippen LogP contribution in [0.3, 0.4) is 0 Å². The Morgan fingerprint density at radius 2 is 1.33 bits per heavy atom. The molecule has 6 heavy (non-hydrogen) atoms. The zero-order chi connectivity index (χ0) is 3.58. The Morgan fingerprint density at radius 3 is 1.33 bits per heavy atom. The van der Waals surface area contributed by atoms with E-state index in [0.717, 1.165) is 0 Å². The van der Waals surface area contributed by atoms with E-state index in [4.69, 9.17) is 14.7 Å². The maximum Gasteiger partial charge on any atom is 1.00 e. The first-order chi connectivity index (χ1) is 1.73. The zero-order valence-electron chi connectivity index (χ0n) is 3.71. The van der Waals surface area contributed by atoms with Crippen LogP contribution in [0.4, 0.5) is 0 Å². The van der Waals surface area contributed by atoms with Crippen LogP contribution >= 0.6 is 8.60 Å². The van der Waals surface area contributed by atoms with E-state index in [1.807, 2.05) is 0 Å². The second-order valence-corrected chi connectivity index (χ2v) is 0.714. The minimum Gasteiger partial charge on any atom is -0.820 e. The molecular weight excluding hydrogens is 141 g/mol. The summed E-state index contributed by atoms with van der Waals surface area (Å²) >= 11 is 0. The van der Waals surface area contributed by atoms with Crippen molar-refractivity contribution in [3.63, 3.8) is 0 Å². The molecule has 0 unspecified atom stereocenters. The summed E-state index contributed by atoms with van der Waals surface area (Å²) in [5.41, 5.74) is 0. The van der Waals surface area contributed by atoms with Crippen molar-refractivity contribution < 1.29 is 95.6 Å². The largest absolute Gasteiger partial charge is 1.00 e. The molecule has 0 aliphatic rings. The molecule has 0 aromatic carbocycles. The van der Waals surface area contributed by atoms with Gasteiger partial charge in [0.2, 0.25) is 0 Å². The van der Waals surface area contributed by atoms with Gasteiger partial charge in [0.1, 0.15) is 0 Å². The van der Waals surface area contributed by atoms with E-state index in [-0.39, 0.29) is 80.9 Å². The summed E-state index contributed by atoms with van der Waals surface area (Å²) in [5.74, 6) is 0. The van der Waals surface area contributed by atoms with Gasteiger partial charge in [0.05, 0.1) is 0 Å². The standard InChI is InChI=1S/K.Na.HO3P/c;;1-4(2)3/h;;1H/q2*+1;-2. The van der Waals surface area contributed by atoms with Gasteiger partial charge in [0.15, 0.2) is 0 Å². The van der Waals surface area contributed by atoms with Gasteiger partial charge in [-0.3, -0.25) is 0 Å². The van der Waals surface area contributed by atoms with Crippen molar-refractivity contribution in [1.29, 1.82) is 0 Å². The van der Waals surface area contributed by atoms with Crippen molar-refractivity contribution in [3.8, 4) is 0 Å². The van der Waals surface area contributed by atoms with Crippen LogP contribution in [0.5, 0.6) is 0 Å². The van der Waals surface area contributed by atoms with E-state index in [1.54, 1.807) is 0 Å². The van der Waals surface area contributed by atoms with Gasteiger partial charge in [-0.05, 0) is 0 Å². The van der Waals surface area contributed by atoms with Crippen LogP contribution in [-0.2, 0) is 0 Å². The maximum atomic E-state index is 8.59. The van der Waals surface area contributed by atoms with E-state index in [9.17, 15) is 0 Å². The average Bonchev–Trinajstić information content (AvgIpc) is 0.811. The SMILES string of the molecule is [K+].[Na+].[O-]P([O-])O. The maximum absolute atomic E-state index is 8.59. The molecule has 0 bridgehead atoms. The summed E-state index contributed by atoms with van der Waals surface area (Å²) in [7, 11) is -3.12. The fourth-order valence-electron chi connectivity index (χ4n) is 0. The summed E-state index contributed by atoms with van der Waals surface area (Å²) in [5, 5.41) is 0.